The summed E-state index contributed by atoms with van der Waals surface area (Å²) in [4.78, 5) is 4.99. The minimum absolute atomic E-state index is 0.654. The molecule has 2 fully saturated rings. The molecular weight excluding hydrogens is 346 g/mol. The molecule has 0 bridgehead atoms. The SMILES string of the molecule is CC(C)N1CC(c2ccc(-c3cc4c(N5CCNCC5)ccnn4c3)cc2)C1. The zero-order valence-corrected chi connectivity index (χ0v) is 16.8. The number of hydrogen-bond acceptors (Lipinski definition) is 4. The number of benzene rings is 1. The van der Waals surface area contributed by atoms with Crippen LogP contribution in [0, 0.1) is 0 Å². The third-order valence-electron chi connectivity index (χ3n) is 6.30. The molecule has 0 atom stereocenters. The van der Waals surface area contributed by atoms with E-state index < -0.39 is 0 Å². The van der Waals surface area contributed by atoms with Gasteiger partial charge in [-0.1, -0.05) is 24.3 Å². The van der Waals surface area contributed by atoms with E-state index in [-0.39, 0.29) is 0 Å². The number of piperazine rings is 1. The van der Waals surface area contributed by atoms with Gasteiger partial charge in [0.05, 0.1) is 11.2 Å². The molecule has 146 valence electrons. The number of fused-ring (bicyclic) bond motifs is 1. The fourth-order valence-corrected chi connectivity index (χ4v) is 4.42. The van der Waals surface area contributed by atoms with E-state index in [9.17, 15) is 0 Å². The molecular formula is C23H29N5. The Kier molecular flexibility index (Phi) is 4.57. The Morgan fingerprint density at radius 1 is 1.00 bits per heavy atom. The highest BCUT2D eigenvalue weighted by molar-refractivity contribution is 5.80. The molecule has 4 heterocycles. The van der Waals surface area contributed by atoms with Gasteiger partial charge in [0.15, 0.2) is 0 Å². The standard InChI is InChI=1S/C23H29N5/c1-17(2)27-14-21(15-27)19-5-3-18(4-6-19)20-13-23-22(7-8-25-28(23)16-20)26-11-9-24-10-12-26/h3-8,13,16-17,21,24H,9-12,14-15H2,1-2H3. The van der Waals surface area contributed by atoms with Gasteiger partial charge in [-0.15, -0.1) is 0 Å². The summed E-state index contributed by atoms with van der Waals surface area (Å²) < 4.78 is 2.02. The lowest BCUT2D eigenvalue weighted by Crippen LogP contribution is -2.48. The first kappa shape index (κ1) is 17.7. The van der Waals surface area contributed by atoms with Gasteiger partial charge in [-0.25, -0.2) is 4.52 Å². The average molecular weight is 376 g/mol. The molecule has 0 amide bonds. The largest absolute Gasteiger partial charge is 0.367 e. The summed E-state index contributed by atoms with van der Waals surface area (Å²) in [5.41, 5.74) is 6.43. The van der Waals surface area contributed by atoms with Crippen LogP contribution >= 0.6 is 0 Å². The van der Waals surface area contributed by atoms with E-state index in [1.165, 1.54) is 41.0 Å². The fourth-order valence-electron chi connectivity index (χ4n) is 4.42. The first-order valence-electron chi connectivity index (χ1n) is 10.5. The van der Waals surface area contributed by atoms with Crippen molar-refractivity contribution < 1.29 is 0 Å². The minimum Gasteiger partial charge on any atom is -0.367 e. The molecule has 3 aromatic rings. The molecule has 0 radical (unpaired) electrons. The van der Waals surface area contributed by atoms with E-state index in [1.54, 1.807) is 0 Å². The third kappa shape index (κ3) is 3.19. The molecule has 2 aliphatic rings. The van der Waals surface area contributed by atoms with Crippen molar-refractivity contribution in [2.45, 2.75) is 25.8 Å². The number of nitrogens with zero attached hydrogens (tertiary/aromatic N) is 4. The normalized spacial score (nSPS) is 18.8. The molecule has 2 aliphatic heterocycles. The van der Waals surface area contributed by atoms with Crippen molar-refractivity contribution in [2.24, 2.45) is 0 Å². The lowest BCUT2D eigenvalue weighted by atomic mass is 9.89. The predicted molar refractivity (Wildman–Crippen MR) is 115 cm³/mol. The zero-order chi connectivity index (χ0) is 19.1. The van der Waals surface area contributed by atoms with Crippen LogP contribution in [0.5, 0.6) is 0 Å². The summed E-state index contributed by atoms with van der Waals surface area (Å²) in [6.45, 7) is 11.1. The lowest BCUT2D eigenvalue weighted by Gasteiger charge is -2.42. The van der Waals surface area contributed by atoms with Crippen LogP contribution < -0.4 is 10.2 Å². The summed E-state index contributed by atoms with van der Waals surface area (Å²) in [7, 11) is 0. The average Bonchev–Trinajstić information content (AvgIpc) is 3.12. The van der Waals surface area contributed by atoms with Gasteiger partial charge in [-0.3, -0.25) is 4.90 Å². The molecule has 5 rings (SSSR count). The maximum atomic E-state index is 4.54. The predicted octanol–water partition coefficient (Wildman–Crippen LogP) is 3.22. The summed E-state index contributed by atoms with van der Waals surface area (Å²) in [6.07, 6.45) is 4.06. The van der Waals surface area contributed by atoms with Gasteiger partial charge in [0.2, 0.25) is 0 Å². The van der Waals surface area contributed by atoms with Crippen molar-refractivity contribution in [1.82, 2.24) is 19.8 Å². The van der Waals surface area contributed by atoms with Gasteiger partial charge in [0.1, 0.15) is 0 Å². The maximum absolute atomic E-state index is 4.54. The van der Waals surface area contributed by atoms with Gasteiger partial charge >= 0.3 is 0 Å². The molecule has 5 nitrogen and oxygen atoms in total. The third-order valence-corrected chi connectivity index (χ3v) is 6.30. The van der Waals surface area contributed by atoms with Crippen molar-refractivity contribution in [3.8, 4) is 11.1 Å². The van der Waals surface area contributed by atoms with E-state index >= 15 is 0 Å². The van der Waals surface area contributed by atoms with Crippen molar-refractivity contribution in [3.05, 3.63) is 54.4 Å². The van der Waals surface area contributed by atoms with E-state index in [0.717, 1.165) is 26.2 Å². The molecule has 2 aromatic heterocycles. The Balaban J connectivity index is 1.39. The molecule has 5 heteroatoms. The summed E-state index contributed by atoms with van der Waals surface area (Å²) in [6, 6.07) is 14.2. The van der Waals surface area contributed by atoms with Crippen LogP contribution in [0.1, 0.15) is 25.3 Å². The summed E-state index contributed by atoms with van der Waals surface area (Å²) in [5.74, 6) is 0.686. The van der Waals surface area contributed by atoms with E-state index in [1.807, 2.05) is 10.7 Å². The number of rotatable bonds is 4. The van der Waals surface area contributed by atoms with Crippen molar-refractivity contribution in [3.63, 3.8) is 0 Å². The number of aromatic nitrogens is 2. The topological polar surface area (TPSA) is 35.8 Å². The molecule has 0 spiro atoms. The Bertz CT molecular complexity index is 947. The number of likely N-dealkylation sites (tertiary alicyclic amines) is 1. The van der Waals surface area contributed by atoms with Crippen molar-refractivity contribution in [2.75, 3.05) is 44.2 Å². The fraction of sp³-hybridized carbons (Fsp3) is 0.435. The van der Waals surface area contributed by atoms with Crippen LogP contribution in [-0.2, 0) is 0 Å². The Morgan fingerprint density at radius 3 is 2.46 bits per heavy atom. The minimum atomic E-state index is 0.654. The van der Waals surface area contributed by atoms with Gasteiger partial charge in [-0.2, -0.15) is 5.10 Å². The molecule has 0 aliphatic carbocycles. The highest BCUT2D eigenvalue weighted by Crippen LogP contribution is 2.32. The van der Waals surface area contributed by atoms with Crippen LogP contribution in [0.2, 0.25) is 0 Å². The smallest absolute Gasteiger partial charge is 0.0886 e. The van der Waals surface area contributed by atoms with Crippen LogP contribution in [0.15, 0.2) is 48.8 Å². The lowest BCUT2D eigenvalue weighted by molar-refractivity contribution is 0.110. The molecule has 1 aromatic carbocycles. The number of nitrogens with one attached hydrogen (secondary N) is 1. The summed E-state index contributed by atoms with van der Waals surface area (Å²) >= 11 is 0. The molecule has 0 unspecified atom stereocenters. The Labute approximate surface area is 167 Å². The molecule has 2 saturated heterocycles. The van der Waals surface area contributed by atoms with Gasteiger partial charge in [-0.05, 0) is 37.1 Å². The van der Waals surface area contributed by atoms with Crippen LogP contribution in [0.3, 0.4) is 0 Å². The van der Waals surface area contributed by atoms with Gasteiger partial charge < -0.3 is 10.2 Å². The Hall–Kier alpha value is -2.37. The summed E-state index contributed by atoms with van der Waals surface area (Å²) in [5, 5.41) is 7.97. The van der Waals surface area contributed by atoms with Crippen molar-refractivity contribution in [1.29, 1.82) is 0 Å². The first-order chi connectivity index (χ1) is 13.7. The maximum Gasteiger partial charge on any atom is 0.0886 e. The number of anilines is 1. The first-order valence-corrected chi connectivity index (χ1v) is 10.5. The van der Waals surface area contributed by atoms with Gasteiger partial charge in [0.25, 0.3) is 0 Å². The molecule has 28 heavy (non-hydrogen) atoms. The number of hydrogen-bond donors (Lipinski definition) is 1. The van der Waals surface area contributed by atoms with Crippen LogP contribution in [0.25, 0.3) is 16.6 Å². The molecule has 0 saturated carbocycles. The second kappa shape index (κ2) is 7.22. The second-order valence-corrected chi connectivity index (χ2v) is 8.38. The molecule has 1 N–H and O–H groups in total. The zero-order valence-electron chi connectivity index (χ0n) is 16.8. The van der Waals surface area contributed by atoms with E-state index in [2.05, 4.69) is 76.7 Å². The second-order valence-electron chi connectivity index (χ2n) is 8.38. The monoisotopic (exact) mass is 375 g/mol. The highest BCUT2D eigenvalue weighted by atomic mass is 15.2. The Morgan fingerprint density at radius 2 is 1.75 bits per heavy atom. The van der Waals surface area contributed by atoms with E-state index in [4.69, 9.17) is 0 Å². The van der Waals surface area contributed by atoms with E-state index in [0.29, 0.717) is 12.0 Å². The van der Waals surface area contributed by atoms with Crippen molar-refractivity contribution >= 4 is 11.2 Å². The van der Waals surface area contributed by atoms with Crippen LogP contribution in [0.4, 0.5) is 5.69 Å². The quantitative estimate of drug-likeness (QED) is 0.760. The van der Waals surface area contributed by atoms with Crippen LogP contribution in [-0.4, -0.2) is 59.8 Å². The highest BCUT2D eigenvalue weighted by Gasteiger charge is 2.29. The van der Waals surface area contributed by atoms with Gasteiger partial charge in [0, 0.05) is 69.2 Å².